The number of nitrogens with zero attached hydrogens (tertiary/aromatic N) is 1. The molecule has 0 spiro atoms. The van der Waals surface area contributed by atoms with Gasteiger partial charge in [0, 0.05) is 18.6 Å². The molecule has 2 heteroatoms. The Bertz CT molecular complexity index is 260. The molecule has 0 radical (unpaired) electrons. The van der Waals surface area contributed by atoms with Crippen LogP contribution in [0.1, 0.15) is 59.8 Å². The van der Waals surface area contributed by atoms with Gasteiger partial charge < -0.3 is 5.32 Å². The van der Waals surface area contributed by atoms with Crippen molar-refractivity contribution >= 4 is 0 Å². The second-order valence-corrected chi connectivity index (χ2v) is 7.46. The summed E-state index contributed by atoms with van der Waals surface area (Å²) >= 11 is 0. The zero-order valence-corrected chi connectivity index (χ0v) is 12.8. The maximum atomic E-state index is 3.60. The van der Waals surface area contributed by atoms with E-state index in [1.807, 2.05) is 0 Å². The van der Waals surface area contributed by atoms with Crippen LogP contribution in [0.15, 0.2) is 0 Å². The molecule has 1 aliphatic carbocycles. The van der Waals surface area contributed by atoms with Crippen LogP contribution >= 0.6 is 0 Å². The Labute approximate surface area is 114 Å². The van der Waals surface area contributed by atoms with E-state index in [2.05, 4.69) is 37.9 Å². The fraction of sp³-hybridized carbons (Fsp3) is 1.00. The van der Waals surface area contributed by atoms with Crippen LogP contribution < -0.4 is 5.32 Å². The van der Waals surface area contributed by atoms with Crippen molar-refractivity contribution in [2.24, 2.45) is 11.3 Å². The van der Waals surface area contributed by atoms with E-state index in [1.54, 1.807) is 0 Å². The van der Waals surface area contributed by atoms with Gasteiger partial charge in [-0.1, -0.05) is 40.5 Å². The highest BCUT2D eigenvalue weighted by molar-refractivity contribution is 4.93. The van der Waals surface area contributed by atoms with Crippen LogP contribution in [0.25, 0.3) is 0 Å². The first-order valence-corrected chi connectivity index (χ1v) is 7.96. The van der Waals surface area contributed by atoms with Gasteiger partial charge in [0.2, 0.25) is 0 Å². The van der Waals surface area contributed by atoms with Gasteiger partial charge in [0.05, 0.1) is 0 Å². The summed E-state index contributed by atoms with van der Waals surface area (Å²) in [5, 5.41) is 3.60. The lowest BCUT2D eigenvalue weighted by atomic mass is 9.72. The van der Waals surface area contributed by atoms with Crippen molar-refractivity contribution in [2.45, 2.75) is 71.9 Å². The molecule has 2 nitrogen and oxygen atoms in total. The Morgan fingerprint density at radius 1 is 1.22 bits per heavy atom. The summed E-state index contributed by atoms with van der Waals surface area (Å²) in [6.45, 7) is 13.3. The molecular weight excluding hydrogens is 220 g/mol. The zero-order valence-electron chi connectivity index (χ0n) is 12.8. The lowest BCUT2D eigenvalue weighted by molar-refractivity contribution is 0.0637. The van der Waals surface area contributed by atoms with Crippen molar-refractivity contribution in [3.63, 3.8) is 0 Å². The molecule has 0 amide bonds. The third-order valence-corrected chi connectivity index (χ3v) is 5.02. The van der Waals surface area contributed by atoms with Crippen molar-refractivity contribution in [1.82, 2.24) is 10.2 Å². The molecule has 0 bridgehead atoms. The molecule has 1 N–H and O–H groups in total. The number of likely N-dealkylation sites (tertiary alicyclic amines) is 1. The third kappa shape index (κ3) is 3.48. The standard InChI is InChI=1S/C16H32N2/c1-13(2)17-11-14-8-10-18(12-14)15-7-5-6-9-16(15,3)4/h13-15,17H,5-12H2,1-4H3. The Morgan fingerprint density at radius 3 is 2.67 bits per heavy atom. The molecule has 0 aromatic carbocycles. The average Bonchev–Trinajstić information content (AvgIpc) is 2.74. The normalized spacial score (nSPS) is 33.2. The van der Waals surface area contributed by atoms with Crippen LogP contribution in [0, 0.1) is 11.3 Å². The molecule has 106 valence electrons. The van der Waals surface area contributed by atoms with Crippen molar-refractivity contribution in [3.8, 4) is 0 Å². The van der Waals surface area contributed by atoms with Crippen LogP contribution in [0.3, 0.4) is 0 Å². The zero-order chi connectivity index (χ0) is 13.2. The summed E-state index contributed by atoms with van der Waals surface area (Å²) in [6.07, 6.45) is 7.13. The van der Waals surface area contributed by atoms with Gasteiger partial charge in [-0.15, -0.1) is 0 Å². The van der Waals surface area contributed by atoms with Crippen molar-refractivity contribution in [1.29, 1.82) is 0 Å². The van der Waals surface area contributed by atoms with Crippen LogP contribution in [0.2, 0.25) is 0 Å². The molecule has 2 rings (SSSR count). The highest BCUT2D eigenvalue weighted by Gasteiger charge is 2.38. The topological polar surface area (TPSA) is 15.3 Å². The van der Waals surface area contributed by atoms with Gasteiger partial charge in [-0.25, -0.2) is 0 Å². The molecule has 2 atom stereocenters. The lowest BCUT2D eigenvalue weighted by Crippen LogP contribution is -2.46. The quantitative estimate of drug-likeness (QED) is 0.826. The van der Waals surface area contributed by atoms with E-state index < -0.39 is 0 Å². The van der Waals surface area contributed by atoms with Gasteiger partial charge in [-0.3, -0.25) is 4.90 Å². The summed E-state index contributed by atoms with van der Waals surface area (Å²) in [5.74, 6) is 0.880. The molecule has 2 fully saturated rings. The van der Waals surface area contributed by atoms with Gasteiger partial charge >= 0.3 is 0 Å². The van der Waals surface area contributed by atoms with E-state index in [9.17, 15) is 0 Å². The average molecular weight is 252 g/mol. The Balaban J connectivity index is 1.84. The second-order valence-electron chi connectivity index (χ2n) is 7.46. The minimum Gasteiger partial charge on any atom is -0.314 e. The van der Waals surface area contributed by atoms with Gasteiger partial charge in [-0.05, 0) is 43.7 Å². The van der Waals surface area contributed by atoms with Crippen LogP contribution in [0.5, 0.6) is 0 Å². The third-order valence-electron chi connectivity index (χ3n) is 5.02. The lowest BCUT2D eigenvalue weighted by Gasteiger charge is -2.44. The molecule has 2 aliphatic rings. The fourth-order valence-electron chi connectivity index (χ4n) is 3.87. The first-order valence-electron chi connectivity index (χ1n) is 7.96. The largest absolute Gasteiger partial charge is 0.314 e. The molecule has 0 aromatic heterocycles. The molecular formula is C16H32N2. The van der Waals surface area contributed by atoms with E-state index >= 15 is 0 Å². The monoisotopic (exact) mass is 252 g/mol. The summed E-state index contributed by atoms with van der Waals surface area (Å²) in [5.41, 5.74) is 0.540. The summed E-state index contributed by atoms with van der Waals surface area (Å²) < 4.78 is 0. The van der Waals surface area contributed by atoms with E-state index in [1.165, 1.54) is 51.7 Å². The number of hydrogen-bond donors (Lipinski definition) is 1. The van der Waals surface area contributed by atoms with Crippen LogP contribution in [0.4, 0.5) is 0 Å². The van der Waals surface area contributed by atoms with Crippen molar-refractivity contribution < 1.29 is 0 Å². The predicted octanol–water partition coefficient (Wildman–Crippen LogP) is 3.28. The Morgan fingerprint density at radius 2 is 2.00 bits per heavy atom. The summed E-state index contributed by atoms with van der Waals surface area (Å²) in [6, 6.07) is 1.47. The van der Waals surface area contributed by atoms with E-state index in [-0.39, 0.29) is 0 Å². The minimum atomic E-state index is 0.540. The number of rotatable bonds is 4. The van der Waals surface area contributed by atoms with Gasteiger partial charge in [0.15, 0.2) is 0 Å². The van der Waals surface area contributed by atoms with Gasteiger partial charge in [0.1, 0.15) is 0 Å². The predicted molar refractivity (Wildman–Crippen MR) is 78.9 cm³/mol. The second kappa shape index (κ2) is 5.92. The van der Waals surface area contributed by atoms with E-state index in [4.69, 9.17) is 0 Å². The van der Waals surface area contributed by atoms with Crippen LogP contribution in [-0.4, -0.2) is 36.6 Å². The van der Waals surface area contributed by atoms with E-state index in [0.717, 1.165) is 12.0 Å². The number of nitrogens with one attached hydrogen (secondary N) is 1. The smallest absolute Gasteiger partial charge is 0.0146 e. The van der Waals surface area contributed by atoms with Crippen LogP contribution in [-0.2, 0) is 0 Å². The highest BCUT2D eigenvalue weighted by Crippen LogP contribution is 2.40. The maximum absolute atomic E-state index is 3.60. The summed E-state index contributed by atoms with van der Waals surface area (Å²) in [4.78, 5) is 2.80. The van der Waals surface area contributed by atoms with Gasteiger partial charge in [-0.2, -0.15) is 0 Å². The SMILES string of the molecule is CC(C)NCC1CCN(C2CCCCC2(C)C)C1. The molecule has 0 aromatic rings. The first-order chi connectivity index (χ1) is 8.49. The van der Waals surface area contributed by atoms with Gasteiger partial charge in [0.25, 0.3) is 0 Å². The fourth-order valence-corrected chi connectivity index (χ4v) is 3.87. The Kier molecular flexibility index (Phi) is 4.71. The maximum Gasteiger partial charge on any atom is 0.0146 e. The molecule has 2 unspecified atom stereocenters. The van der Waals surface area contributed by atoms with Crippen molar-refractivity contribution in [2.75, 3.05) is 19.6 Å². The highest BCUT2D eigenvalue weighted by atomic mass is 15.2. The molecule has 1 saturated carbocycles. The Hall–Kier alpha value is -0.0800. The molecule has 1 saturated heterocycles. The summed E-state index contributed by atoms with van der Waals surface area (Å²) in [7, 11) is 0. The first kappa shape index (κ1) is 14.3. The molecule has 1 aliphatic heterocycles. The number of hydrogen-bond acceptors (Lipinski definition) is 2. The molecule has 1 heterocycles. The molecule has 18 heavy (non-hydrogen) atoms. The minimum absolute atomic E-state index is 0.540. The van der Waals surface area contributed by atoms with Crippen molar-refractivity contribution in [3.05, 3.63) is 0 Å². The van der Waals surface area contributed by atoms with E-state index in [0.29, 0.717) is 11.5 Å².